The fraction of sp³-hybridized carbons (Fsp3) is 0.562. The molecule has 2 N–H and O–H groups in total. The van der Waals surface area contributed by atoms with E-state index in [-0.39, 0.29) is 12.0 Å². The Balaban J connectivity index is 1.83. The molecule has 1 saturated carbocycles. The fourth-order valence-corrected chi connectivity index (χ4v) is 2.70. The third kappa shape index (κ3) is 4.32. The smallest absolute Gasteiger partial charge is 0.251 e. The van der Waals surface area contributed by atoms with Gasteiger partial charge in [0.1, 0.15) is 0 Å². The number of hydrogen-bond donors (Lipinski definition) is 2. The zero-order valence-electron chi connectivity index (χ0n) is 12.3. The zero-order chi connectivity index (χ0) is 14.5. The van der Waals surface area contributed by atoms with Crippen molar-refractivity contribution in [1.29, 1.82) is 0 Å². The van der Waals surface area contributed by atoms with Gasteiger partial charge in [0.25, 0.3) is 5.91 Å². The van der Waals surface area contributed by atoms with Gasteiger partial charge in [-0.1, -0.05) is 12.1 Å². The van der Waals surface area contributed by atoms with Gasteiger partial charge in [0.15, 0.2) is 0 Å². The van der Waals surface area contributed by atoms with Crippen molar-refractivity contribution in [3.63, 3.8) is 0 Å². The molecule has 1 aromatic rings. The molecule has 1 aromatic carbocycles. The van der Waals surface area contributed by atoms with Crippen molar-refractivity contribution in [3.05, 3.63) is 35.4 Å². The molecular formula is C16H24N2O2. The Labute approximate surface area is 120 Å². The summed E-state index contributed by atoms with van der Waals surface area (Å²) in [5.74, 6) is 0.393. The van der Waals surface area contributed by atoms with E-state index in [2.05, 4.69) is 10.2 Å². The average Bonchev–Trinajstić information content (AvgIpc) is 2.82. The first-order valence-electron chi connectivity index (χ1n) is 7.24. The lowest BCUT2D eigenvalue weighted by molar-refractivity contribution is 0.0945. The molecule has 0 aliphatic heterocycles. The van der Waals surface area contributed by atoms with Gasteiger partial charge in [-0.3, -0.25) is 4.79 Å². The molecule has 1 aliphatic carbocycles. The Morgan fingerprint density at radius 1 is 1.30 bits per heavy atom. The molecule has 0 heterocycles. The molecule has 0 saturated heterocycles. The van der Waals surface area contributed by atoms with Gasteiger partial charge in [-0.2, -0.15) is 0 Å². The van der Waals surface area contributed by atoms with Gasteiger partial charge in [-0.15, -0.1) is 0 Å². The highest BCUT2D eigenvalue weighted by atomic mass is 16.3. The van der Waals surface area contributed by atoms with Crippen LogP contribution >= 0.6 is 0 Å². The molecule has 2 atom stereocenters. The highest BCUT2D eigenvalue weighted by molar-refractivity contribution is 5.94. The van der Waals surface area contributed by atoms with E-state index in [1.807, 2.05) is 38.4 Å². The van der Waals surface area contributed by atoms with Crippen LogP contribution in [0.2, 0.25) is 0 Å². The van der Waals surface area contributed by atoms with Crippen molar-refractivity contribution in [2.24, 2.45) is 5.92 Å². The summed E-state index contributed by atoms with van der Waals surface area (Å²) < 4.78 is 0. The zero-order valence-corrected chi connectivity index (χ0v) is 12.3. The first kappa shape index (κ1) is 15.0. The standard InChI is InChI=1S/C16H24N2O2/c1-18(2)11-12-3-6-14(7-4-12)16(20)17-10-13-5-8-15(19)9-13/h3-4,6-7,13,15,19H,5,8-11H2,1-2H3,(H,17,20). The Morgan fingerprint density at radius 2 is 2.00 bits per heavy atom. The van der Waals surface area contributed by atoms with Gasteiger partial charge in [-0.05, 0) is 57.0 Å². The number of aliphatic hydroxyl groups is 1. The van der Waals surface area contributed by atoms with Crippen molar-refractivity contribution in [1.82, 2.24) is 10.2 Å². The maximum Gasteiger partial charge on any atom is 0.251 e. The molecule has 20 heavy (non-hydrogen) atoms. The molecule has 0 spiro atoms. The van der Waals surface area contributed by atoms with Crippen LogP contribution in [0, 0.1) is 5.92 Å². The van der Waals surface area contributed by atoms with E-state index in [4.69, 9.17) is 0 Å². The van der Waals surface area contributed by atoms with Crippen LogP contribution in [0.5, 0.6) is 0 Å². The third-order valence-electron chi connectivity index (χ3n) is 3.78. The molecule has 2 rings (SSSR count). The lowest BCUT2D eigenvalue weighted by Crippen LogP contribution is -2.28. The van der Waals surface area contributed by atoms with Crippen molar-refractivity contribution in [2.75, 3.05) is 20.6 Å². The predicted octanol–water partition coefficient (Wildman–Crippen LogP) is 1.64. The Morgan fingerprint density at radius 3 is 2.55 bits per heavy atom. The normalized spacial score (nSPS) is 22.2. The summed E-state index contributed by atoms with van der Waals surface area (Å²) >= 11 is 0. The molecule has 0 aromatic heterocycles. The van der Waals surface area contributed by atoms with Crippen LogP contribution in [0.1, 0.15) is 35.2 Å². The monoisotopic (exact) mass is 276 g/mol. The van der Waals surface area contributed by atoms with E-state index in [0.29, 0.717) is 18.0 Å². The number of aliphatic hydroxyl groups excluding tert-OH is 1. The van der Waals surface area contributed by atoms with E-state index >= 15 is 0 Å². The molecule has 4 heteroatoms. The topological polar surface area (TPSA) is 52.6 Å². The second kappa shape index (κ2) is 6.86. The lowest BCUT2D eigenvalue weighted by Gasteiger charge is -2.12. The molecule has 110 valence electrons. The van der Waals surface area contributed by atoms with E-state index < -0.39 is 0 Å². The van der Waals surface area contributed by atoms with E-state index in [9.17, 15) is 9.90 Å². The SMILES string of the molecule is CN(C)Cc1ccc(C(=O)NCC2CCC(O)C2)cc1. The molecule has 0 radical (unpaired) electrons. The maximum absolute atomic E-state index is 12.0. The Kier molecular flexibility index (Phi) is 5.15. The van der Waals surface area contributed by atoms with Crippen LogP contribution in [0.15, 0.2) is 24.3 Å². The first-order chi connectivity index (χ1) is 9.54. The minimum Gasteiger partial charge on any atom is -0.393 e. The maximum atomic E-state index is 12.0. The van der Waals surface area contributed by atoms with Crippen LogP contribution < -0.4 is 5.32 Å². The summed E-state index contributed by atoms with van der Waals surface area (Å²) in [5, 5.41) is 12.4. The summed E-state index contributed by atoms with van der Waals surface area (Å²) in [5.41, 5.74) is 1.90. The minimum absolute atomic E-state index is 0.0252. The van der Waals surface area contributed by atoms with E-state index in [1.165, 1.54) is 5.56 Å². The van der Waals surface area contributed by atoms with Crippen molar-refractivity contribution in [2.45, 2.75) is 31.9 Å². The van der Waals surface area contributed by atoms with Crippen LogP contribution in [-0.2, 0) is 6.54 Å². The molecule has 1 fully saturated rings. The first-order valence-corrected chi connectivity index (χ1v) is 7.24. The number of benzene rings is 1. The van der Waals surface area contributed by atoms with Gasteiger partial charge in [0, 0.05) is 18.7 Å². The molecular weight excluding hydrogens is 252 g/mol. The van der Waals surface area contributed by atoms with Gasteiger partial charge in [0.2, 0.25) is 0 Å². The second-order valence-corrected chi connectivity index (χ2v) is 5.98. The largest absolute Gasteiger partial charge is 0.393 e. The number of nitrogens with one attached hydrogen (secondary N) is 1. The second-order valence-electron chi connectivity index (χ2n) is 5.98. The van der Waals surface area contributed by atoms with Crippen LogP contribution in [0.4, 0.5) is 0 Å². The number of nitrogens with zero attached hydrogens (tertiary/aromatic N) is 1. The summed E-state index contributed by atoms with van der Waals surface area (Å²) in [6.07, 6.45) is 2.49. The van der Waals surface area contributed by atoms with Gasteiger partial charge in [0.05, 0.1) is 6.10 Å². The van der Waals surface area contributed by atoms with Crippen molar-refractivity contribution in [3.8, 4) is 0 Å². The van der Waals surface area contributed by atoms with E-state index in [0.717, 1.165) is 25.8 Å². The van der Waals surface area contributed by atoms with Crippen LogP contribution in [0.3, 0.4) is 0 Å². The predicted molar refractivity (Wildman–Crippen MR) is 79.5 cm³/mol. The number of hydrogen-bond acceptors (Lipinski definition) is 3. The van der Waals surface area contributed by atoms with Gasteiger partial charge >= 0.3 is 0 Å². The molecule has 2 unspecified atom stereocenters. The minimum atomic E-state index is -0.179. The van der Waals surface area contributed by atoms with Crippen LogP contribution in [-0.4, -0.2) is 42.7 Å². The van der Waals surface area contributed by atoms with Crippen LogP contribution in [0.25, 0.3) is 0 Å². The number of carbonyl (C=O) groups excluding carboxylic acids is 1. The quantitative estimate of drug-likeness (QED) is 0.859. The Bertz CT molecular complexity index is 442. The third-order valence-corrected chi connectivity index (χ3v) is 3.78. The number of rotatable bonds is 5. The molecule has 1 aliphatic rings. The summed E-state index contributed by atoms with van der Waals surface area (Å²) in [6.45, 7) is 1.54. The van der Waals surface area contributed by atoms with Gasteiger partial charge in [-0.25, -0.2) is 0 Å². The highest BCUT2D eigenvalue weighted by Gasteiger charge is 2.23. The molecule has 0 bridgehead atoms. The van der Waals surface area contributed by atoms with Gasteiger partial charge < -0.3 is 15.3 Å². The van der Waals surface area contributed by atoms with E-state index in [1.54, 1.807) is 0 Å². The summed E-state index contributed by atoms with van der Waals surface area (Å²) in [7, 11) is 4.05. The molecule has 1 amide bonds. The summed E-state index contributed by atoms with van der Waals surface area (Å²) in [4.78, 5) is 14.1. The lowest BCUT2D eigenvalue weighted by atomic mass is 10.1. The molecule has 4 nitrogen and oxygen atoms in total. The average molecular weight is 276 g/mol. The summed E-state index contributed by atoms with van der Waals surface area (Å²) in [6, 6.07) is 7.73. The van der Waals surface area contributed by atoms with Crippen molar-refractivity contribution < 1.29 is 9.90 Å². The number of carbonyl (C=O) groups is 1. The number of amides is 1. The van der Waals surface area contributed by atoms with Crippen molar-refractivity contribution >= 4 is 5.91 Å². The fourth-order valence-electron chi connectivity index (χ4n) is 2.70. The highest BCUT2D eigenvalue weighted by Crippen LogP contribution is 2.24. The Hall–Kier alpha value is -1.39.